The molecule has 1 saturated heterocycles. The summed E-state index contributed by atoms with van der Waals surface area (Å²) in [5.41, 5.74) is 3.12. The molecule has 1 amide bonds. The van der Waals surface area contributed by atoms with Crippen LogP contribution in [0, 0.1) is 0 Å². The van der Waals surface area contributed by atoms with Gasteiger partial charge in [0.2, 0.25) is 5.91 Å². The van der Waals surface area contributed by atoms with Gasteiger partial charge in [0.05, 0.1) is 12.1 Å². The van der Waals surface area contributed by atoms with Crippen LogP contribution in [0.15, 0.2) is 41.1 Å². The molecule has 0 spiro atoms. The zero-order valence-corrected chi connectivity index (χ0v) is 14.7. The molecule has 0 saturated carbocycles. The largest absolute Gasteiger partial charge is 0.364 e. The lowest BCUT2D eigenvalue weighted by atomic mass is 10.1. The fourth-order valence-electron chi connectivity index (χ4n) is 3.25. The van der Waals surface area contributed by atoms with Gasteiger partial charge in [-0.2, -0.15) is 0 Å². The highest BCUT2D eigenvalue weighted by molar-refractivity contribution is 5.77. The summed E-state index contributed by atoms with van der Waals surface area (Å²) in [6, 6.07) is 10.3. The summed E-state index contributed by atoms with van der Waals surface area (Å²) in [6.07, 6.45) is 8.49. The lowest BCUT2D eigenvalue weighted by Gasteiger charge is -2.24. The van der Waals surface area contributed by atoms with Gasteiger partial charge >= 0.3 is 0 Å². The molecular formula is C20H27N3O2. The number of amides is 1. The first-order valence-electron chi connectivity index (χ1n) is 9.26. The number of nitrogens with zero attached hydrogens (tertiary/aromatic N) is 2. The molecule has 1 fully saturated rings. The Morgan fingerprint density at radius 2 is 1.68 bits per heavy atom. The average Bonchev–Trinajstić information content (AvgIpc) is 3.09. The number of hydrogen-bond donors (Lipinski definition) is 1. The number of rotatable bonds is 6. The Morgan fingerprint density at radius 3 is 2.36 bits per heavy atom. The number of carbonyl (C=O) groups is 1. The molecule has 5 heteroatoms. The van der Waals surface area contributed by atoms with Crippen LogP contribution < -0.4 is 5.32 Å². The SMILES string of the molecule is O=C(Cc1ccon1)NCc1ccc(CN2CCCCCCC2)cc1. The second-order valence-corrected chi connectivity index (χ2v) is 6.80. The molecule has 0 atom stereocenters. The van der Waals surface area contributed by atoms with E-state index < -0.39 is 0 Å². The summed E-state index contributed by atoms with van der Waals surface area (Å²) in [4.78, 5) is 14.4. The van der Waals surface area contributed by atoms with Crippen LogP contribution in [0.5, 0.6) is 0 Å². The van der Waals surface area contributed by atoms with Gasteiger partial charge in [0.15, 0.2) is 0 Å². The van der Waals surface area contributed by atoms with Crippen LogP contribution in [-0.2, 0) is 24.3 Å². The van der Waals surface area contributed by atoms with Crippen molar-refractivity contribution in [2.45, 2.75) is 51.6 Å². The summed E-state index contributed by atoms with van der Waals surface area (Å²) < 4.78 is 4.73. The fraction of sp³-hybridized carbons (Fsp3) is 0.500. The van der Waals surface area contributed by atoms with E-state index in [2.05, 4.69) is 39.6 Å². The smallest absolute Gasteiger partial charge is 0.226 e. The van der Waals surface area contributed by atoms with Crippen molar-refractivity contribution < 1.29 is 9.32 Å². The Morgan fingerprint density at radius 1 is 1.00 bits per heavy atom. The van der Waals surface area contributed by atoms with Crippen LogP contribution in [-0.4, -0.2) is 29.1 Å². The van der Waals surface area contributed by atoms with Gasteiger partial charge in [-0.15, -0.1) is 0 Å². The highest BCUT2D eigenvalue weighted by Gasteiger charge is 2.09. The lowest BCUT2D eigenvalue weighted by molar-refractivity contribution is -0.120. The Bertz CT molecular complexity index is 629. The Kier molecular flexibility index (Phi) is 6.63. The van der Waals surface area contributed by atoms with E-state index >= 15 is 0 Å². The second kappa shape index (κ2) is 9.37. The number of hydrogen-bond acceptors (Lipinski definition) is 4. The standard InChI is InChI=1S/C20H27N3O2/c24-20(14-19-10-13-25-22-19)21-15-17-6-8-18(9-7-17)16-23-11-4-2-1-3-5-12-23/h6-10,13H,1-5,11-12,14-16H2,(H,21,24). The first kappa shape index (κ1) is 17.7. The summed E-state index contributed by atoms with van der Waals surface area (Å²) in [6.45, 7) is 3.99. The van der Waals surface area contributed by atoms with E-state index in [1.165, 1.54) is 57.0 Å². The number of benzene rings is 1. The topological polar surface area (TPSA) is 58.4 Å². The molecule has 5 nitrogen and oxygen atoms in total. The highest BCUT2D eigenvalue weighted by atomic mass is 16.5. The molecule has 2 aromatic rings. The molecule has 0 radical (unpaired) electrons. The second-order valence-electron chi connectivity index (χ2n) is 6.80. The van der Waals surface area contributed by atoms with E-state index in [0.29, 0.717) is 12.2 Å². The average molecular weight is 341 g/mol. The molecule has 134 valence electrons. The molecule has 1 N–H and O–H groups in total. The summed E-state index contributed by atoms with van der Waals surface area (Å²) in [7, 11) is 0. The first-order valence-corrected chi connectivity index (χ1v) is 9.26. The fourth-order valence-corrected chi connectivity index (χ4v) is 3.25. The third-order valence-electron chi connectivity index (χ3n) is 4.70. The van der Waals surface area contributed by atoms with Gasteiger partial charge in [-0.3, -0.25) is 9.69 Å². The van der Waals surface area contributed by atoms with Crippen molar-refractivity contribution in [3.05, 3.63) is 53.4 Å². The van der Waals surface area contributed by atoms with E-state index in [1.54, 1.807) is 6.07 Å². The Balaban J connectivity index is 1.44. The van der Waals surface area contributed by atoms with Crippen LogP contribution >= 0.6 is 0 Å². The Labute approximate surface area is 149 Å². The predicted octanol–water partition coefficient (Wildman–Crippen LogP) is 3.30. The van der Waals surface area contributed by atoms with Crippen molar-refractivity contribution >= 4 is 5.91 Å². The maximum Gasteiger partial charge on any atom is 0.226 e. The maximum atomic E-state index is 11.9. The first-order chi connectivity index (χ1) is 12.3. The normalized spacial score (nSPS) is 16.2. The molecule has 0 unspecified atom stereocenters. The van der Waals surface area contributed by atoms with E-state index in [1.807, 2.05) is 0 Å². The van der Waals surface area contributed by atoms with Crippen molar-refractivity contribution in [2.24, 2.45) is 0 Å². The molecule has 2 heterocycles. The maximum absolute atomic E-state index is 11.9. The van der Waals surface area contributed by atoms with E-state index in [0.717, 1.165) is 12.1 Å². The van der Waals surface area contributed by atoms with E-state index in [-0.39, 0.29) is 12.3 Å². The monoisotopic (exact) mass is 341 g/mol. The molecule has 0 aliphatic carbocycles. The van der Waals surface area contributed by atoms with Gasteiger partial charge < -0.3 is 9.84 Å². The van der Waals surface area contributed by atoms with Crippen molar-refractivity contribution in [3.8, 4) is 0 Å². The third kappa shape index (κ3) is 6.02. The minimum Gasteiger partial charge on any atom is -0.364 e. The summed E-state index contributed by atoms with van der Waals surface area (Å²) in [5.74, 6) is -0.0430. The minimum absolute atomic E-state index is 0.0430. The van der Waals surface area contributed by atoms with Crippen LogP contribution in [0.3, 0.4) is 0 Å². The molecule has 0 bridgehead atoms. The van der Waals surface area contributed by atoms with Crippen LogP contribution in [0.25, 0.3) is 0 Å². The van der Waals surface area contributed by atoms with Crippen molar-refractivity contribution in [1.29, 1.82) is 0 Å². The van der Waals surface area contributed by atoms with Crippen LogP contribution in [0.2, 0.25) is 0 Å². The van der Waals surface area contributed by atoms with Gasteiger partial charge in [-0.1, -0.05) is 48.7 Å². The van der Waals surface area contributed by atoms with Crippen molar-refractivity contribution in [2.75, 3.05) is 13.1 Å². The molecule has 1 aromatic heterocycles. The molecule has 25 heavy (non-hydrogen) atoms. The molecular weight excluding hydrogens is 314 g/mol. The zero-order chi connectivity index (χ0) is 17.3. The van der Waals surface area contributed by atoms with Gasteiger partial charge in [0.1, 0.15) is 6.26 Å². The molecule has 1 aliphatic rings. The number of carbonyl (C=O) groups excluding carboxylic acids is 1. The van der Waals surface area contributed by atoms with Crippen LogP contribution in [0.4, 0.5) is 0 Å². The van der Waals surface area contributed by atoms with Crippen LogP contribution in [0.1, 0.15) is 48.9 Å². The predicted molar refractivity (Wildman–Crippen MR) is 96.9 cm³/mol. The third-order valence-corrected chi connectivity index (χ3v) is 4.70. The lowest BCUT2D eigenvalue weighted by Crippen LogP contribution is -2.27. The van der Waals surface area contributed by atoms with E-state index in [9.17, 15) is 4.79 Å². The highest BCUT2D eigenvalue weighted by Crippen LogP contribution is 2.14. The minimum atomic E-state index is -0.0430. The quantitative estimate of drug-likeness (QED) is 0.876. The molecule has 1 aliphatic heterocycles. The van der Waals surface area contributed by atoms with Gasteiger partial charge in [-0.25, -0.2) is 0 Å². The molecule has 3 rings (SSSR count). The van der Waals surface area contributed by atoms with Crippen molar-refractivity contribution in [1.82, 2.24) is 15.4 Å². The van der Waals surface area contributed by atoms with Gasteiger partial charge in [0.25, 0.3) is 0 Å². The number of likely N-dealkylation sites (tertiary alicyclic amines) is 1. The number of nitrogens with one attached hydrogen (secondary N) is 1. The van der Waals surface area contributed by atoms with Gasteiger partial charge in [-0.05, 0) is 37.1 Å². The van der Waals surface area contributed by atoms with Gasteiger partial charge in [0, 0.05) is 19.2 Å². The number of aromatic nitrogens is 1. The summed E-state index contributed by atoms with van der Waals surface area (Å²) >= 11 is 0. The summed E-state index contributed by atoms with van der Waals surface area (Å²) in [5, 5.41) is 6.67. The van der Waals surface area contributed by atoms with Crippen molar-refractivity contribution in [3.63, 3.8) is 0 Å². The molecule has 1 aromatic carbocycles. The zero-order valence-electron chi connectivity index (χ0n) is 14.7. The van der Waals surface area contributed by atoms with E-state index in [4.69, 9.17) is 4.52 Å². The Hall–Kier alpha value is -2.14.